The van der Waals surface area contributed by atoms with E-state index in [1.807, 2.05) is 39.8 Å². The van der Waals surface area contributed by atoms with Crippen molar-refractivity contribution in [2.45, 2.75) is 39.8 Å². The highest BCUT2D eigenvalue weighted by molar-refractivity contribution is 8.18. The first-order valence-corrected chi connectivity index (χ1v) is 10.8. The predicted molar refractivity (Wildman–Crippen MR) is 119 cm³/mol. The van der Waals surface area contributed by atoms with E-state index in [1.54, 1.807) is 29.2 Å². The second-order valence-electron chi connectivity index (χ2n) is 7.47. The molecule has 0 unspecified atom stereocenters. The number of rotatable bonds is 6. The molecule has 1 saturated heterocycles. The Morgan fingerprint density at radius 3 is 2.50 bits per heavy atom. The molecule has 6 nitrogen and oxygen atoms in total. The van der Waals surface area contributed by atoms with Crippen LogP contribution in [0.4, 0.5) is 4.79 Å². The highest BCUT2D eigenvalue weighted by Crippen LogP contribution is 2.33. The fourth-order valence-electron chi connectivity index (χ4n) is 3.38. The number of furan rings is 1. The molecule has 3 rings (SSSR count). The number of carbonyl (C=O) groups is 3. The van der Waals surface area contributed by atoms with Gasteiger partial charge in [0.15, 0.2) is 0 Å². The molecule has 0 bridgehead atoms. The molecule has 0 N–H and O–H groups in total. The molecule has 3 amide bonds. The van der Waals surface area contributed by atoms with Gasteiger partial charge in [0.05, 0.1) is 4.91 Å². The number of amides is 3. The molecule has 1 aromatic heterocycles. The number of halogens is 1. The lowest BCUT2D eigenvalue weighted by molar-refractivity contribution is -0.138. The molecule has 2 heterocycles. The maximum Gasteiger partial charge on any atom is 0.294 e. The molecule has 1 aliphatic heterocycles. The summed E-state index contributed by atoms with van der Waals surface area (Å²) < 4.78 is 5.78. The molecule has 0 saturated carbocycles. The Morgan fingerprint density at radius 2 is 1.87 bits per heavy atom. The predicted octanol–water partition coefficient (Wildman–Crippen LogP) is 5.28. The van der Waals surface area contributed by atoms with Crippen LogP contribution < -0.4 is 0 Å². The molecule has 2 aromatic rings. The van der Waals surface area contributed by atoms with E-state index in [-0.39, 0.29) is 29.4 Å². The van der Waals surface area contributed by atoms with Crippen LogP contribution in [-0.4, -0.2) is 45.5 Å². The van der Waals surface area contributed by atoms with Crippen LogP contribution in [0.15, 0.2) is 45.7 Å². The Hall–Kier alpha value is -2.51. The standard InChI is InChI=1S/C22H23ClN2O4S/c1-13(2)25(14(3)4)20(26)12-24-21(27)19(30-22(24)28)11-17-8-9-18(29-17)15-6-5-7-16(23)10-15/h5-11,13-14H,12H2,1-4H3/b19-11-. The minimum atomic E-state index is -0.494. The Labute approximate surface area is 184 Å². The number of benzene rings is 1. The number of imide groups is 1. The average Bonchev–Trinajstić information content (AvgIpc) is 3.22. The summed E-state index contributed by atoms with van der Waals surface area (Å²) in [5.74, 6) is 0.284. The van der Waals surface area contributed by atoms with Crippen molar-refractivity contribution < 1.29 is 18.8 Å². The molecular weight excluding hydrogens is 424 g/mol. The lowest BCUT2D eigenvalue weighted by atomic mass is 10.2. The minimum Gasteiger partial charge on any atom is -0.457 e. The van der Waals surface area contributed by atoms with Crippen molar-refractivity contribution in [2.75, 3.05) is 6.54 Å². The molecule has 0 radical (unpaired) electrons. The van der Waals surface area contributed by atoms with Crippen molar-refractivity contribution in [2.24, 2.45) is 0 Å². The Kier molecular flexibility index (Phi) is 6.73. The van der Waals surface area contributed by atoms with E-state index in [9.17, 15) is 14.4 Å². The Morgan fingerprint density at radius 1 is 1.17 bits per heavy atom. The van der Waals surface area contributed by atoms with Crippen molar-refractivity contribution in [1.82, 2.24) is 9.80 Å². The average molecular weight is 447 g/mol. The number of hydrogen-bond donors (Lipinski definition) is 0. The van der Waals surface area contributed by atoms with Gasteiger partial charge in [-0.1, -0.05) is 23.7 Å². The number of carbonyl (C=O) groups excluding carboxylic acids is 3. The number of nitrogens with zero attached hydrogens (tertiary/aromatic N) is 2. The summed E-state index contributed by atoms with van der Waals surface area (Å²) in [4.78, 5) is 40.6. The smallest absolute Gasteiger partial charge is 0.294 e. The van der Waals surface area contributed by atoms with E-state index in [0.717, 1.165) is 22.2 Å². The van der Waals surface area contributed by atoms with E-state index in [0.29, 0.717) is 16.5 Å². The quantitative estimate of drug-likeness (QED) is 0.564. The second kappa shape index (κ2) is 9.10. The first-order chi connectivity index (χ1) is 14.2. The zero-order chi connectivity index (χ0) is 22.0. The molecule has 30 heavy (non-hydrogen) atoms. The molecule has 1 aromatic carbocycles. The number of hydrogen-bond acceptors (Lipinski definition) is 5. The van der Waals surface area contributed by atoms with E-state index < -0.39 is 11.1 Å². The van der Waals surface area contributed by atoms with Crippen LogP contribution in [0.1, 0.15) is 33.5 Å². The SMILES string of the molecule is CC(C)N(C(=O)CN1C(=O)S/C(=C\c2ccc(-c3cccc(Cl)c3)o2)C1=O)C(C)C. The molecule has 0 aliphatic carbocycles. The van der Waals surface area contributed by atoms with Gasteiger partial charge in [-0.2, -0.15) is 0 Å². The van der Waals surface area contributed by atoms with Gasteiger partial charge < -0.3 is 9.32 Å². The fourth-order valence-corrected chi connectivity index (χ4v) is 4.39. The molecule has 1 fully saturated rings. The van der Waals surface area contributed by atoms with Gasteiger partial charge in [0.2, 0.25) is 5.91 Å². The molecule has 1 aliphatic rings. The molecule has 8 heteroatoms. The van der Waals surface area contributed by atoms with E-state index in [2.05, 4.69) is 0 Å². The van der Waals surface area contributed by atoms with Crippen LogP contribution in [-0.2, 0) is 9.59 Å². The third-order valence-corrected chi connectivity index (χ3v) is 5.72. The molecular formula is C22H23ClN2O4S. The summed E-state index contributed by atoms with van der Waals surface area (Å²) in [6.07, 6.45) is 1.52. The van der Waals surface area contributed by atoms with E-state index >= 15 is 0 Å². The first kappa shape index (κ1) is 22.2. The third kappa shape index (κ3) is 4.79. The Bertz CT molecular complexity index is 1000. The molecule has 158 valence electrons. The normalized spacial score (nSPS) is 15.7. The lowest BCUT2D eigenvalue weighted by Crippen LogP contribution is -2.48. The summed E-state index contributed by atoms with van der Waals surface area (Å²) in [5.41, 5.74) is 0.809. The van der Waals surface area contributed by atoms with E-state index in [1.165, 1.54) is 6.08 Å². The minimum absolute atomic E-state index is 0.0268. The van der Waals surface area contributed by atoms with Gasteiger partial charge in [-0.15, -0.1) is 0 Å². The molecule has 0 atom stereocenters. The van der Waals surface area contributed by atoms with Crippen LogP contribution in [0.3, 0.4) is 0 Å². The fraction of sp³-hybridized carbons (Fsp3) is 0.318. The van der Waals surface area contributed by atoms with Gasteiger partial charge in [-0.05, 0) is 63.7 Å². The lowest BCUT2D eigenvalue weighted by Gasteiger charge is -2.31. The van der Waals surface area contributed by atoms with Crippen LogP contribution in [0.2, 0.25) is 5.02 Å². The zero-order valence-electron chi connectivity index (χ0n) is 17.2. The zero-order valence-corrected chi connectivity index (χ0v) is 18.8. The van der Waals surface area contributed by atoms with Crippen LogP contribution in [0.25, 0.3) is 17.4 Å². The third-order valence-electron chi connectivity index (χ3n) is 4.58. The highest BCUT2D eigenvalue weighted by Gasteiger charge is 2.38. The van der Waals surface area contributed by atoms with Crippen LogP contribution in [0, 0.1) is 0 Å². The summed E-state index contributed by atoms with van der Waals surface area (Å²) in [6.45, 7) is 7.34. The van der Waals surface area contributed by atoms with E-state index in [4.69, 9.17) is 16.0 Å². The van der Waals surface area contributed by atoms with Gasteiger partial charge in [0.25, 0.3) is 11.1 Å². The summed E-state index contributed by atoms with van der Waals surface area (Å²) in [5, 5.41) is 0.127. The summed E-state index contributed by atoms with van der Waals surface area (Å²) in [7, 11) is 0. The Balaban J connectivity index is 1.76. The first-order valence-electron chi connectivity index (χ1n) is 9.59. The van der Waals surface area contributed by atoms with Crippen molar-refractivity contribution in [1.29, 1.82) is 0 Å². The second-order valence-corrected chi connectivity index (χ2v) is 8.90. The molecule has 0 spiro atoms. The van der Waals surface area contributed by atoms with Crippen molar-refractivity contribution in [3.8, 4) is 11.3 Å². The topological polar surface area (TPSA) is 70.8 Å². The maximum absolute atomic E-state index is 12.7. The van der Waals surface area contributed by atoms with Gasteiger partial charge in [0.1, 0.15) is 18.1 Å². The largest absolute Gasteiger partial charge is 0.457 e. The summed E-state index contributed by atoms with van der Waals surface area (Å²) in [6, 6.07) is 10.7. The van der Waals surface area contributed by atoms with Gasteiger partial charge in [-0.3, -0.25) is 19.3 Å². The van der Waals surface area contributed by atoms with Gasteiger partial charge >= 0.3 is 0 Å². The van der Waals surface area contributed by atoms with Gasteiger partial charge in [0, 0.05) is 28.7 Å². The van der Waals surface area contributed by atoms with Gasteiger partial charge in [-0.25, -0.2) is 0 Å². The monoisotopic (exact) mass is 446 g/mol. The number of thioether (sulfide) groups is 1. The summed E-state index contributed by atoms with van der Waals surface area (Å²) >= 11 is 6.82. The van der Waals surface area contributed by atoms with Crippen molar-refractivity contribution in [3.63, 3.8) is 0 Å². The highest BCUT2D eigenvalue weighted by atomic mass is 35.5. The maximum atomic E-state index is 12.7. The van der Waals surface area contributed by atoms with Crippen LogP contribution >= 0.6 is 23.4 Å². The van der Waals surface area contributed by atoms with Crippen molar-refractivity contribution >= 4 is 46.5 Å². The van der Waals surface area contributed by atoms with Crippen LogP contribution in [0.5, 0.6) is 0 Å². The van der Waals surface area contributed by atoms with Crippen molar-refractivity contribution in [3.05, 3.63) is 52.1 Å².